The molecule has 1 saturated heterocycles. The monoisotopic (exact) mass is 1040 g/mol. The number of esters is 2. The molecule has 0 spiro atoms. The number of carbonyl (C=O) groups excluding carboxylic acids is 2. The summed E-state index contributed by atoms with van der Waals surface area (Å²) in [6, 6.07) is 1.24. The minimum Gasteiger partial charge on any atom is -0.462 e. The van der Waals surface area contributed by atoms with Crippen molar-refractivity contribution in [2.45, 2.75) is 173 Å². The third-order valence-electron chi connectivity index (χ3n) is 10.5. The smallest absolute Gasteiger partial charge is 0.462 e. The number of carbonyl (C=O) groups is 2. The number of nitrogens with zero attached hydrogens (tertiary/aromatic N) is 2. The van der Waals surface area contributed by atoms with E-state index in [1.807, 2.05) is 42.5 Å². The first kappa shape index (κ1) is 63.0. The quantitative estimate of drug-likeness (QED) is 0.0155. The van der Waals surface area contributed by atoms with Crippen LogP contribution in [0.5, 0.6) is 0 Å². The number of phosphoric acid groups is 2. The van der Waals surface area contributed by atoms with Crippen molar-refractivity contribution in [3.05, 3.63) is 108 Å². The lowest BCUT2D eigenvalue weighted by Gasteiger charge is -2.21. The third kappa shape index (κ3) is 30.5. The Bertz CT molecular complexity index is 2040. The molecular formula is C50H79N3O16P2. The van der Waals surface area contributed by atoms with Crippen LogP contribution >= 0.6 is 15.6 Å². The van der Waals surface area contributed by atoms with Crippen molar-refractivity contribution < 1.29 is 71.4 Å². The van der Waals surface area contributed by atoms with E-state index in [2.05, 4.69) is 65.7 Å². The first-order valence-electron chi connectivity index (χ1n) is 24.7. The van der Waals surface area contributed by atoms with Crippen LogP contribution in [0.2, 0.25) is 0 Å². The molecule has 0 radical (unpaired) electrons. The summed E-state index contributed by atoms with van der Waals surface area (Å²) < 4.78 is 56.6. The second-order valence-corrected chi connectivity index (χ2v) is 19.8. The van der Waals surface area contributed by atoms with Crippen LogP contribution in [-0.4, -0.2) is 96.9 Å². The van der Waals surface area contributed by atoms with Gasteiger partial charge < -0.3 is 45.1 Å². The molecule has 0 saturated carbocycles. The Kier molecular flexibility index (Phi) is 33.4. The van der Waals surface area contributed by atoms with Gasteiger partial charge in [-0.2, -0.15) is 9.29 Å². The second kappa shape index (κ2) is 37.6. The average Bonchev–Trinajstić information content (AvgIpc) is 3.60. The lowest BCUT2D eigenvalue weighted by Crippen LogP contribution is -2.36. The molecule has 7 N–H and O–H groups in total. The van der Waals surface area contributed by atoms with Gasteiger partial charge in [0, 0.05) is 19.0 Å². The van der Waals surface area contributed by atoms with E-state index in [1.54, 1.807) is 0 Å². The van der Waals surface area contributed by atoms with Crippen LogP contribution in [0.1, 0.15) is 142 Å². The molecule has 1 aromatic rings. The molecule has 2 unspecified atom stereocenters. The van der Waals surface area contributed by atoms with E-state index in [4.69, 9.17) is 29.0 Å². The molecule has 1 fully saturated rings. The number of unbranched alkanes of at least 4 members (excludes halogenated alkanes) is 7. The summed E-state index contributed by atoms with van der Waals surface area (Å²) in [5, 5.41) is 30.8. The standard InChI is InChI=1S/C50H79N3O16P2/c1-3-5-7-8-9-10-11-12-13-14-18-21-24-27-30-34-45(55)64-38-42(67-46(56)35-31-28-25-22-19-16-15-17-20-23-26-29-33-41(54)32-6-4-2)39-65-70(60,61)69-71(62,63)66-40-43-47(57)48(58)49(68-43)53-37-36-44(51)52-50(53)59/h5,7,9-10,12-13,15-16,20,22-23,25,29,33,36-37,41-43,47-49,54,57-58H,3-4,6,8,11,14,17-19,21,24,26-28,30-32,34-35,38-40H2,1-2H3,(H,60,61)(H,62,63)(H2,51,52,59)/b7-5-,10-9-,13-12-,16-15-,23-20-,25-22-,33-29-/t41-,42-,43-,47-,48-,49-/m1/s1. The van der Waals surface area contributed by atoms with Crippen molar-refractivity contribution in [2.75, 3.05) is 25.6 Å². The Hall–Kier alpha value is -4.10. The summed E-state index contributed by atoms with van der Waals surface area (Å²) in [6.45, 7) is 1.79. The van der Waals surface area contributed by atoms with Gasteiger partial charge >= 0.3 is 33.3 Å². The summed E-state index contributed by atoms with van der Waals surface area (Å²) in [6.07, 6.45) is 35.8. The molecule has 71 heavy (non-hydrogen) atoms. The Morgan fingerprint density at radius 2 is 1.31 bits per heavy atom. The molecule has 0 aliphatic carbocycles. The number of nitrogens with two attached hydrogens (primary N) is 1. The van der Waals surface area contributed by atoms with Gasteiger partial charge in [0.2, 0.25) is 0 Å². The molecule has 19 nitrogen and oxygen atoms in total. The number of hydrogen-bond donors (Lipinski definition) is 6. The van der Waals surface area contributed by atoms with Gasteiger partial charge in [0.15, 0.2) is 12.3 Å². The van der Waals surface area contributed by atoms with E-state index in [1.165, 1.54) is 6.07 Å². The van der Waals surface area contributed by atoms with Gasteiger partial charge in [-0.1, -0.05) is 131 Å². The number of aliphatic hydroxyl groups excluding tert-OH is 3. The SMILES string of the molecule is CC/C=C\C/C=C\C/C=C\CCCCCCCC(=O)OC[C@H](COP(=O)(O)OP(=O)(O)OC[C@H]1O[C@@H](n2ccc(N)nc2=O)[C@H](O)[C@@H]1O)OC(=O)CCC/C=C\C/C=C\C/C=C\C/C=C\[C@H](O)CCCC. The van der Waals surface area contributed by atoms with E-state index >= 15 is 0 Å². The summed E-state index contributed by atoms with van der Waals surface area (Å²) in [5.74, 6) is -1.42. The van der Waals surface area contributed by atoms with Gasteiger partial charge in [0.05, 0.1) is 19.3 Å². The van der Waals surface area contributed by atoms with Crippen molar-refractivity contribution >= 4 is 33.4 Å². The molecule has 0 amide bonds. The summed E-state index contributed by atoms with van der Waals surface area (Å²) >= 11 is 0. The number of anilines is 1. The number of ether oxygens (including phenoxy) is 3. The Labute approximate surface area is 419 Å². The van der Waals surface area contributed by atoms with Crippen molar-refractivity contribution in [3.63, 3.8) is 0 Å². The molecule has 1 aliphatic heterocycles. The van der Waals surface area contributed by atoms with Crippen LogP contribution in [0, 0.1) is 0 Å². The topological polar surface area (TPSA) is 286 Å². The highest BCUT2D eigenvalue weighted by Crippen LogP contribution is 2.60. The maximum atomic E-state index is 12.8. The molecule has 8 atom stereocenters. The lowest BCUT2D eigenvalue weighted by atomic mass is 10.1. The number of phosphoric ester groups is 2. The molecule has 2 rings (SSSR count). The van der Waals surface area contributed by atoms with Crippen LogP contribution in [0.15, 0.2) is 102 Å². The van der Waals surface area contributed by atoms with Crippen molar-refractivity contribution in [1.29, 1.82) is 0 Å². The minimum absolute atomic E-state index is 0.0512. The summed E-state index contributed by atoms with van der Waals surface area (Å²) in [4.78, 5) is 61.8. The molecule has 400 valence electrons. The zero-order chi connectivity index (χ0) is 52.2. The largest absolute Gasteiger partial charge is 0.481 e. The number of aliphatic hydroxyl groups is 3. The lowest BCUT2D eigenvalue weighted by molar-refractivity contribution is -0.161. The fourth-order valence-electron chi connectivity index (χ4n) is 6.69. The van der Waals surface area contributed by atoms with Gasteiger partial charge in [0.25, 0.3) is 0 Å². The normalized spacial score (nSPS) is 20.3. The molecule has 0 bridgehead atoms. The third-order valence-corrected chi connectivity index (χ3v) is 13.1. The van der Waals surface area contributed by atoms with Crippen molar-refractivity contribution in [3.8, 4) is 0 Å². The van der Waals surface area contributed by atoms with E-state index in [0.29, 0.717) is 25.7 Å². The minimum atomic E-state index is -5.45. The number of aromatic nitrogens is 2. The van der Waals surface area contributed by atoms with E-state index in [9.17, 15) is 48.6 Å². The van der Waals surface area contributed by atoms with Gasteiger partial charge in [-0.15, -0.1) is 0 Å². The Balaban J connectivity index is 1.85. The fourth-order valence-corrected chi connectivity index (χ4v) is 8.80. The van der Waals surface area contributed by atoms with Crippen LogP contribution in [0.25, 0.3) is 0 Å². The Morgan fingerprint density at radius 1 is 0.746 bits per heavy atom. The highest BCUT2D eigenvalue weighted by Gasteiger charge is 2.46. The molecular weight excluding hydrogens is 961 g/mol. The molecule has 0 aromatic carbocycles. The van der Waals surface area contributed by atoms with Crippen molar-refractivity contribution in [2.24, 2.45) is 0 Å². The highest BCUT2D eigenvalue weighted by atomic mass is 31.3. The fraction of sp³-hybridized carbons (Fsp3) is 0.600. The van der Waals surface area contributed by atoms with E-state index < -0.39 is 89.8 Å². The van der Waals surface area contributed by atoms with Gasteiger partial charge in [-0.25, -0.2) is 13.9 Å². The summed E-state index contributed by atoms with van der Waals surface area (Å²) in [5.41, 5.74) is 4.57. The maximum Gasteiger partial charge on any atom is 0.481 e. The van der Waals surface area contributed by atoms with E-state index in [0.717, 1.165) is 94.2 Å². The van der Waals surface area contributed by atoms with Gasteiger partial charge in [0.1, 0.15) is 30.7 Å². The molecule has 21 heteroatoms. The van der Waals surface area contributed by atoms with Crippen LogP contribution in [0.4, 0.5) is 5.82 Å². The number of hydrogen-bond acceptors (Lipinski definition) is 16. The Morgan fingerprint density at radius 3 is 1.94 bits per heavy atom. The number of rotatable bonds is 39. The van der Waals surface area contributed by atoms with Crippen LogP contribution < -0.4 is 11.4 Å². The highest BCUT2D eigenvalue weighted by molar-refractivity contribution is 7.61. The molecule has 1 aliphatic rings. The summed E-state index contributed by atoms with van der Waals surface area (Å²) in [7, 11) is -10.9. The zero-order valence-corrected chi connectivity index (χ0v) is 43.1. The predicted octanol–water partition coefficient (Wildman–Crippen LogP) is 8.86. The van der Waals surface area contributed by atoms with Crippen LogP contribution in [0.3, 0.4) is 0 Å². The van der Waals surface area contributed by atoms with Crippen LogP contribution in [-0.2, 0) is 46.3 Å². The van der Waals surface area contributed by atoms with E-state index in [-0.39, 0.29) is 18.7 Å². The number of allylic oxidation sites excluding steroid dienone is 13. The average molecular weight is 1040 g/mol. The first-order valence-corrected chi connectivity index (χ1v) is 27.7. The zero-order valence-electron chi connectivity index (χ0n) is 41.4. The van der Waals surface area contributed by atoms with Gasteiger partial charge in [-0.05, 0) is 83.1 Å². The first-order chi connectivity index (χ1) is 34.1. The van der Waals surface area contributed by atoms with Gasteiger partial charge in [-0.3, -0.25) is 23.2 Å². The molecule has 2 heterocycles. The number of nitrogen functional groups attached to an aromatic ring is 1. The second-order valence-electron chi connectivity index (χ2n) is 16.7. The maximum absolute atomic E-state index is 12.8. The van der Waals surface area contributed by atoms with Crippen molar-refractivity contribution in [1.82, 2.24) is 9.55 Å². The predicted molar refractivity (Wildman–Crippen MR) is 271 cm³/mol. The molecule has 1 aromatic heterocycles.